The van der Waals surface area contributed by atoms with Crippen molar-refractivity contribution >= 4 is 17.6 Å². The molecule has 0 aliphatic heterocycles. The van der Waals surface area contributed by atoms with Gasteiger partial charge in [-0.1, -0.05) is 6.07 Å². The molecule has 0 heterocycles. The fraction of sp³-hybridized carbons (Fsp3) is 0.385. The van der Waals surface area contributed by atoms with Crippen LogP contribution in [0.15, 0.2) is 18.2 Å². The quantitative estimate of drug-likeness (QED) is 0.633. The highest BCUT2D eigenvalue weighted by molar-refractivity contribution is 5.99. The lowest BCUT2D eigenvalue weighted by Gasteiger charge is -2.21. The Balaban J connectivity index is 3.04. The number of benzene rings is 1. The number of methoxy groups -OCH3 is 2. The summed E-state index contributed by atoms with van der Waals surface area (Å²) in [5, 5.41) is 0. The van der Waals surface area contributed by atoms with Crippen LogP contribution in [0.2, 0.25) is 0 Å². The van der Waals surface area contributed by atoms with E-state index in [4.69, 9.17) is 10.5 Å². The van der Waals surface area contributed by atoms with Crippen LogP contribution in [0.4, 0.5) is 5.69 Å². The van der Waals surface area contributed by atoms with E-state index in [9.17, 15) is 9.59 Å². The van der Waals surface area contributed by atoms with E-state index >= 15 is 0 Å². The highest BCUT2D eigenvalue weighted by Crippen LogP contribution is 2.26. The van der Waals surface area contributed by atoms with Crippen molar-refractivity contribution in [2.24, 2.45) is 0 Å². The average molecular weight is 266 g/mol. The Morgan fingerprint density at radius 3 is 2.53 bits per heavy atom. The molecule has 1 rings (SSSR count). The van der Waals surface area contributed by atoms with Crippen LogP contribution in [0.3, 0.4) is 0 Å². The number of hydrogen-bond acceptors (Lipinski definition) is 5. The van der Waals surface area contributed by atoms with Gasteiger partial charge >= 0.3 is 5.97 Å². The van der Waals surface area contributed by atoms with Gasteiger partial charge in [0.25, 0.3) is 5.91 Å². The van der Waals surface area contributed by atoms with Crippen LogP contribution >= 0.6 is 0 Å². The molecule has 0 saturated carbocycles. The van der Waals surface area contributed by atoms with Gasteiger partial charge in [-0.15, -0.1) is 0 Å². The molecule has 1 aromatic rings. The van der Waals surface area contributed by atoms with Crippen LogP contribution in [0, 0.1) is 0 Å². The average Bonchev–Trinajstić information content (AvgIpc) is 2.43. The standard InChI is InChI=1S/C13H18N2O4/c1-4-15(8-11(16)18-2)13(17)9-6-5-7-10(14)12(9)19-3/h5-7H,4,8,14H2,1-3H3. The number of carbonyl (C=O) groups is 2. The normalized spacial score (nSPS) is 9.84. The van der Waals surface area contributed by atoms with Gasteiger partial charge in [0.2, 0.25) is 0 Å². The van der Waals surface area contributed by atoms with Crippen molar-refractivity contribution in [2.45, 2.75) is 6.92 Å². The summed E-state index contributed by atoms with van der Waals surface area (Å²) in [5.74, 6) is -0.481. The van der Waals surface area contributed by atoms with E-state index < -0.39 is 5.97 Å². The Kier molecular flexibility index (Phi) is 5.17. The van der Waals surface area contributed by atoms with Gasteiger partial charge < -0.3 is 20.1 Å². The summed E-state index contributed by atoms with van der Waals surface area (Å²) in [4.78, 5) is 25.0. The van der Waals surface area contributed by atoms with Crippen LogP contribution < -0.4 is 10.5 Å². The number of amides is 1. The molecule has 0 bridgehead atoms. The maximum Gasteiger partial charge on any atom is 0.325 e. The fourth-order valence-corrected chi connectivity index (χ4v) is 1.67. The highest BCUT2D eigenvalue weighted by atomic mass is 16.5. The molecule has 6 nitrogen and oxygen atoms in total. The van der Waals surface area contributed by atoms with E-state index in [0.29, 0.717) is 23.5 Å². The van der Waals surface area contributed by atoms with Gasteiger partial charge in [-0.3, -0.25) is 9.59 Å². The number of hydrogen-bond donors (Lipinski definition) is 1. The number of anilines is 1. The van der Waals surface area contributed by atoms with Crippen molar-refractivity contribution < 1.29 is 19.1 Å². The first-order valence-corrected chi connectivity index (χ1v) is 5.83. The van der Waals surface area contributed by atoms with E-state index in [2.05, 4.69) is 4.74 Å². The van der Waals surface area contributed by atoms with Gasteiger partial charge in [0.05, 0.1) is 25.5 Å². The molecule has 1 aromatic carbocycles. The zero-order valence-electron chi connectivity index (χ0n) is 11.3. The molecule has 0 atom stereocenters. The van der Waals surface area contributed by atoms with E-state index in [1.807, 2.05) is 0 Å². The second kappa shape index (κ2) is 6.63. The smallest absolute Gasteiger partial charge is 0.325 e. The number of likely N-dealkylation sites (N-methyl/N-ethyl adjacent to an activating group) is 1. The Morgan fingerprint density at radius 2 is 2.00 bits per heavy atom. The minimum absolute atomic E-state index is 0.107. The lowest BCUT2D eigenvalue weighted by molar-refractivity contribution is -0.141. The van der Waals surface area contributed by atoms with Crippen molar-refractivity contribution in [1.82, 2.24) is 4.90 Å². The molecule has 0 aromatic heterocycles. The molecular formula is C13H18N2O4. The minimum Gasteiger partial charge on any atom is -0.494 e. The molecule has 0 aliphatic carbocycles. The molecular weight excluding hydrogens is 248 g/mol. The second-order valence-corrected chi connectivity index (χ2v) is 3.82. The lowest BCUT2D eigenvalue weighted by Crippen LogP contribution is -2.36. The van der Waals surface area contributed by atoms with Crippen molar-refractivity contribution in [1.29, 1.82) is 0 Å². The molecule has 0 spiro atoms. The maximum absolute atomic E-state index is 12.3. The van der Waals surface area contributed by atoms with Gasteiger partial charge in [0.15, 0.2) is 5.75 Å². The monoisotopic (exact) mass is 266 g/mol. The number of nitrogens with two attached hydrogens (primary N) is 1. The molecule has 6 heteroatoms. The number of nitrogens with zero attached hydrogens (tertiary/aromatic N) is 1. The zero-order chi connectivity index (χ0) is 14.4. The van der Waals surface area contributed by atoms with E-state index in [-0.39, 0.29) is 12.5 Å². The number of rotatable bonds is 5. The first-order valence-electron chi connectivity index (χ1n) is 5.83. The molecule has 0 fully saturated rings. The molecule has 0 unspecified atom stereocenters. The first kappa shape index (κ1) is 14.8. The fourth-order valence-electron chi connectivity index (χ4n) is 1.67. The van der Waals surface area contributed by atoms with Gasteiger partial charge in [0.1, 0.15) is 6.54 Å². The SMILES string of the molecule is CCN(CC(=O)OC)C(=O)c1cccc(N)c1OC. The molecule has 0 saturated heterocycles. The summed E-state index contributed by atoms with van der Waals surface area (Å²) < 4.78 is 9.69. The Morgan fingerprint density at radius 1 is 1.32 bits per heavy atom. The minimum atomic E-state index is -0.474. The predicted molar refractivity (Wildman–Crippen MR) is 71.0 cm³/mol. The number of nitrogen functional groups attached to an aromatic ring is 1. The van der Waals surface area contributed by atoms with E-state index in [1.54, 1.807) is 25.1 Å². The summed E-state index contributed by atoms with van der Waals surface area (Å²) in [7, 11) is 2.72. The molecule has 2 N–H and O–H groups in total. The maximum atomic E-state index is 12.3. The summed E-state index contributed by atoms with van der Waals surface area (Å²) in [5.41, 5.74) is 6.46. The third kappa shape index (κ3) is 3.37. The van der Waals surface area contributed by atoms with Gasteiger partial charge in [-0.05, 0) is 19.1 Å². The van der Waals surface area contributed by atoms with Gasteiger partial charge in [-0.25, -0.2) is 0 Å². The van der Waals surface area contributed by atoms with Crippen LogP contribution in [0.1, 0.15) is 17.3 Å². The van der Waals surface area contributed by atoms with Crippen molar-refractivity contribution in [3.63, 3.8) is 0 Å². The van der Waals surface area contributed by atoms with E-state index in [0.717, 1.165) is 0 Å². The van der Waals surface area contributed by atoms with Crippen molar-refractivity contribution in [2.75, 3.05) is 33.0 Å². The van der Waals surface area contributed by atoms with Gasteiger partial charge in [0, 0.05) is 6.54 Å². The van der Waals surface area contributed by atoms with Crippen LogP contribution in [-0.4, -0.2) is 44.1 Å². The van der Waals surface area contributed by atoms with Crippen molar-refractivity contribution in [3.05, 3.63) is 23.8 Å². The second-order valence-electron chi connectivity index (χ2n) is 3.82. The number of carbonyl (C=O) groups excluding carboxylic acids is 2. The van der Waals surface area contributed by atoms with Crippen LogP contribution in [-0.2, 0) is 9.53 Å². The largest absolute Gasteiger partial charge is 0.494 e. The Hall–Kier alpha value is -2.24. The number of para-hydroxylation sites is 1. The predicted octanol–water partition coefficient (Wildman–Crippen LogP) is 0.912. The lowest BCUT2D eigenvalue weighted by atomic mass is 10.1. The third-order valence-corrected chi connectivity index (χ3v) is 2.70. The van der Waals surface area contributed by atoms with E-state index in [1.165, 1.54) is 19.1 Å². The molecule has 1 amide bonds. The summed E-state index contributed by atoms with van der Waals surface area (Å²) >= 11 is 0. The Bertz CT molecular complexity index is 474. The van der Waals surface area contributed by atoms with Crippen LogP contribution in [0.5, 0.6) is 5.75 Å². The number of ether oxygens (including phenoxy) is 2. The molecule has 19 heavy (non-hydrogen) atoms. The van der Waals surface area contributed by atoms with Crippen LogP contribution in [0.25, 0.3) is 0 Å². The Labute approximate surface area is 112 Å². The highest BCUT2D eigenvalue weighted by Gasteiger charge is 2.21. The number of esters is 1. The third-order valence-electron chi connectivity index (χ3n) is 2.70. The molecule has 0 aliphatic rings. The summed E-state index contributed by atoms with van der Waals surface area (Å²) in [6.07, 6.45) is 0. The topological polar surface area (TPSA) is 81.9 Å². The first-order chi connectivity index (χ1) is 9.04. The van der Waals surface area contributed by atoms with Crippen molar-refractivity contribution in [3.8, 4) is 5.75 Å². The molecule has 104 valence electrons. The molecule has 0 radical (unpaired) electrons. The summed E-state index contributed by atoms with van der Waals surface area (Å²) in [6.45, 7) is 2.05. The summed E-state index contributed by atoms with van der Waals surface area (Å²) in [6, 6.07) is 4.92. The zero-order valence-corrected chi connectivity index (χ0v) is 11.3. The van der Waals surface area contributed by atoms with Gasteiger partial charge in [-0.2, -0.15) is 0 Å².